The van der Waals surface area contributed by atoms with Crippen LogP contribution in [0.2, 0.25) is 0 Å². The number of hydrogen-bond donors (Lipinski definition) is 0. The molecule has 3 fully saturated rings. The monoisotopic (exact) mass is 259 g/mol. The number of imide groups is 1. The molecule has 0 N–H and O–H groups in total. The van der Waals surface area contributed by atoms with E-state index in [-0.39, 0.29) is 29.7 Å². The van der Waals surface area contributed by atoms with Crippen LogP contribution >= 0.6 is 0 Å². The summed E-state index contributed by atoms with van der Waals surface area (Å²) in [5, 5.41) is 0. The molecular weight excluding hydrogens is 238 g/mol. The van der Waals surface area contributed by atoms with E-state index in [1.807, 2.05) is 0 Å². The van der Waals surface area contributed by atoms with Crippen LogP contribution in [0.3, 0.4) is 0 Å². The molecule has 0 spiro atoms. The summed E-state index contributed by atoms with van der Waals surface area (Å²) in [7, 11) is 0. The van der Waals surface area contributed by atoms with Crippen molar-refractivity contribution >= 4 is 11.8 Å². The lowest BCUT2D eigenvalue weighted by molar-refractivity contribution is -0.143. The summed E-state index contributed by atoms with van der Waals surface area (Å²) in [6.07, 6.45) is 12.3. The van der Waals surface area contributed by atoms with Crippen molar-refractivity contribution in [3.8, 4) is 0 Å². The van der Waals surface area contributed by atoms with Gasteiger partial charge in [0.05, 0.1) is 11.8 Å². The molecule has 0 aromatic rings. The lowest BCUT2D eigenvalue weighted by Gasteiger charge is -2.26. The molecule has 4 rings (SSSR count). The van der Waals surface area contributed by atoms with Gasteiger partial charge in [-0.2, -0.15) is 0 Å². The minimum atomic E-state index is -0.00856. The quantitative estimate of drug-likeness (QED) is 0.412. The molecule has 2 bridgehead atoms. The van der Waals surface area contributed by atoms with Gasteiger partial charge in [-0.1, -0.05) is 37.8 Å². The van der Waals surface area contributed by atoms with Crippen molar-refractivity contribution in [3.63, 3.8) is 0 Å². The number of likely N-dealkylation sites (tertiary alicyclic amines) is 1. The summed E-state index contributed by atoms with van der Waals surface area (Å²) >= 11 is 0. The highest BCUT2D eigenvalue weighted by atomic mass is 16.2. The molecule has 19 heavy (non-hydrogen) atoms. The van der Waals surface area contributed by atoms with E-state index < -0.39 is 0 Å². The lowest BCUT2D eigenvalue weighted by Crippen LogP contribution is -2.41. The Bertz CT molecular complexity index is 418. The molecule has 0 radical (unpaired) electrons. The van der Waals surface area contributed by atoms with Crippen molar-refractivity contribution in [2.24, 2.45) is 23.7 Å². The molecular formula is C16H21NO2. The Morgan fingerprint density at radius 2 is 1.37 bits per heavy atom. The summed E-state index contributed by atoms with van der Waals surface area (Å²) in [5.41, 5.74) is 0. The highest BCUT2D eigenvalue weighted by Gasteiger charge is 2.60. The van der Waals surface area contributed by atoms with Crippen LogP contribution in [0.25, 0.3) is 0 Å². The Hall–Kier alpha value is -1.12. The molecule has 1 aliphatic heterocycles. The molecule has 4 unspecified atom stereocenters. The van der Waals surface area contributed by atoms with Crippen LogP contribution in [-0.4, -0.2) is 22.8 Å². The Balaban J connectivity index is 1.61. The predicted octanol–water partition coefficient (Wildman–Crippen LogP) is 2.52. The summed E-state index contributed by atoms with van der Waals surface area (Å²) in [4.78, 5) is 27.0. The SMILES string of the molecule is O=C1C2C3C=CC(C3)C2C(=O)N1C1CCCCCC1. The van der Waals surface area contributed by atoms with Gasteiger partial charge >= 0.3 is 0 Å². The normalized spacial score (nSPS) is 42.0. The third-order valence-corrected chi connectivity index (χ3v) is 5.69. The fraction of sp³-hybridized carbons (Fsp3) is 0.750. The Morgan fingerprint density at radius 3 is 1.89 bits per heavy atom. The van der Waals surface area contributed by atoms with Crippen LogP contribution in [0.1, 0.15) is 44.9 Å². The van der Waals surface area contributed by atoms with Gasteiger partial charge in [-0.3, -0.25) is 14.5 Å². The minimum Gasteiger partial charge on any atom is -0.279 e. The largest absolute Gasteiger partial charge is 0.279 e. The highest BCUT2D eigenvalue weighted by molar-refractivity contribution is 6.06. The summed E-state index contributed by atoms with van der Waals surface area (Å²) in [6.45, 7) is 0. The first-order valence-electron chi connectivity index (χ1n) is 7.82. The second-order valence-corrected chi connectivity index (χ2v) is 6.69. The van der Waals surface area contributed by atoms with Crippen molar-refractivity contribution in [1.29, 1.82) is 0 Å². The first kappa shape index (κ1) is 11.7. The number of allylic oxidation sites excluding steroid dienone is 2. The van der Waals surface area contributed by atoms with Crippen LogP contribution in [-0.2, 0) is 9.59 Å². The van der Waals surface area contributed by atoms with E-state index in [2.05, 4.69) is 12.2 Å². The van der Waals surface area contributed by atoms with Crippen molar-refractivity contribution < 1.29 is 9.59 Å². The molecule has 3 aliphatic carbocycles. The van der Waals surface area contributed by atoms with Crippen molar-refractivity contribution in [2.75, 3.05) is 0 Å². The van der Waals surface area contributed by atoms with Gasteiger partial charge in [-0.15, -0.1) is 0 Å². The molecule has 2 saturated carbocycles. The molecule has 2 amide bonds. The van der Waals surface area contributed by atoms with Gasteiger partial charge in [-0.05, 0) is 31.1 Å². The summed E-state index contributed by atoms with van der Waals surface area (Å²) in [6, 6.07) is 0.201. The van der Waals surface area contributed by atoms with Gasteiger partial charge in [0, 0.05) is 6.04 Å². The third-order valence-electron chi connectivity index (χ3n) is 5.69. The first-order valence-corrected chi connectivity index (χ1v) is 7.82. The van der Waals surface area contributed by atoms with E-state index in [0.717, 1.165) is 19.3 Å². The molecule has 1 saturated heterocycles. The number of carbonyl (C=O) groups is 2. The maximum atomic E-state index is 12.7. The fourth-order valence-corrected chi connectivity index (χ4v) is 4.80. The number of carbonyl (C=O) groups excluding carboxylic acids is 2. The Labute approximate surface area is 114 Å². The van der Waals surface area contributed by atoms with Gasteiger partial charge in [0.25, 0.3) is 0 Å². The number of nitrogens with zero attached hydrogens (tertiary/aromatic N) is 1. The lowest BCUT2D eigenvalue weighted by atomic mass is 9.85. The van der Waals surface area contributed by atoms with E-state index in [1.54, 1.807) is 4.90 Å². The van der Waals surface area contributed by atoms with E-state index >= 15 is 0 Å². The molecule has 1 heterocycles. The number of rotatable bonds is 1. The van der Waals surface area contributed by atoms with Crippen LogP contribution in [0.15, 0.2) is 12.2 Å². The van der Waals surface area contributed by atoms with Crippen molar-refractivity contribution in [2.45, 2.75) is 51.0 Å². The highest BCUT2D eigenvalue weighted by Crippen LogP contribution is 2.53. The van der Waals surface area contributed by atoms with E-state index in [9.17, 15) is 9.59 Å². The second-order valence-electron chi connectivity index (χ2n) is 6.69. The van der Waals surface area contributed by atoms with Gasteiger partial charge in [0.1, 0.15) is 0 Å². The Morgan fingerprint density at radius 1 is 0.842 bits per heavy atom. The molecule has 3 heteroatoms. The van der Waals surface area contributed by atoms with Gasteiger partial charge in [-0.25, -0.2) is 0 Å². The number of hydrogen-bond acceptors (Lipinski definition) is 2. The molecule has 4 aliphatic rings. The topological polar surface area (TPSA) is 37.4 Å². The first-order chi connectivity index (χ1) is 9.27. The average Bonchev–Trinajstić information content (AvgIpc) is 3.00. The zero-order valence-electron chi connectivity index (χ0n) is 11.3. The minimum absolute atomic E-state index is 0.00856. The smallest absolute Gasteiger partial charge is 0.233 e. The number of fused-ring (bicyclic) bond motifs is 5. The van der Waals surface area contributed by atoms with Gasteiger partial charge in [0.2, 0.25) is 11.8 Å². The zero-order valence-corrected chi connectivity index (χ0v) is 11.3. The van der Waals surface area contributed by atoms with Crippen molar-refractivity contribution in [1.82, 2.24) is 4.90 Å². The number of amides is 2. The van der Waals surface area contributed by atoms with E-state index in [0.29, 0.717) is 11.8 Å². The second kappa shape index (κ2) is 4.19. The molecule has 0 aromatic carbocycles. The van der Waals surface area contributed by atoms with Crippen LogP contribution in [0.4, 0.5) is 0 Å². The molecule has 102 valence electrons. The van der Waals surface area contributed by atoms with E-state index in [1.165, 1.54) is 25.7 Å². The van der Waals surface area contributed by atoms with Crippen LogP contribution in [0, 0.1) is 23.7 Å². The van der Waals surface area contributed by atoms with Gasteiger partial charge in [0.15, 0.2) is 0 Å². The summed E-state index contributed by atoms with van der Waals surface area (Å²) in [5.74, 6) is 0.985. The maximum Gasteiger partial charge on any atom is 0.233 e. The molecule has 4 atom stereocenters. The standard InChI is InChI=1S/C16H21NO2/c18-15-13-10-7-8-11(9-10)14(13)16(19)17(15)12-5-3-1-2-4-6-12/h7-8,10-14H,1-6,9H2. The summed E-state index contributed by atoms with van der Waals surface area (Å²) < 4.78 is 0. The van der Waals surface area contributed by atoms with Crippen molar-refractivity contribution in [3.05, 3.63) is 12.2 Å². The average molecular weight is 259 g/mol. The molecule has 0 aromatic heterocycles. The predicted molar refractivity (Wildman–Crippen MR) is 71.1 cm³/mol. The zero-order chi connectivity index (χ0) is 13.0. The Kier molecular flexibility index (Phi) is 2.58. The van der Waals surface area contributed by atoms with Crippen LogP contribution in [0.5, 0.6) is 0 Å². The van der Waals surface area contributed by atoms with Gasteiger partial charge < -0.3 is 0 Å². The van der Waals surface area contributed by atoms with Crippen LogP contribution < -0.4 is 0 Å². The molecule has 3 nitrogen and oxygen atoms in total. The maximum absolute atomic E-state index is 12.7. The fourth-order valence-electron chi connectivity index (χ4n) is 4.80. The van der Waals surface area contributed by atoms with E-state index in [4.69, 9.17) is 0 Å². The third kappa shape index (κ3) is 1.56.